The van der Waals surface area contributed by atoms with Gasteiger partial charge in [-0.2, -0.15) is 5.26 Å². The second kappa shape index (κ2) is 8.28. The third kappa shape index (κ3) is 4.13. The summed E-state index contributed by atoms with van der Waals surface area (Å²) in [6.45, 7) is 7.10. The Hall–Kier alpha value is -2.97. The van der Waals surface area contributed by atoms with Crippen LogP contribution in [0.15, 0.2) is 24.3 Å². The normalized spacial score (nSPS) is 31.6. The van der Waals surface area contributed by atoms with Crippen molar-refractivity contribution in [2.24, 2.45) is 5.41 Å². The molecule has 5 rings (SSSR count). The highest BCUT2D eigenvalue weighted by Crippen LogP contribution is 2.52. The smallest absolute Gasteiger partial charge is 0.237 e. The molecule has 1 aromatic rings. The zero-order valence-electron chi connectivity index (χ0n) is 17.4. The molecule has 0 aromatic heterocycles. The summed E-state index contributed by atoms with van der Waals surface area (Å²) in [5.41, 5.74) is 0.663. The van der Waals surface area contributed by atoms with Crippen molar-refractivity contribution < 1.29 is 14.0 Å². The van der Waals surface area contributed by atoms with Crippen molar-refractivity contribution in [3.05, 3.63) is 35.7 Å². The minimum absolute atomic E-state index is 0.00805. The number of carbonyl (C=O) groups excluding carboxylic acids is 2. The lowest BCUT2D eigenvalue weighted by atomic mass is 9.57. The lowest BCUT2D eigenvalue weighted by molar-refractivity contribution is -0.135. The van der Waals surface area contributed by atoms with Crippen LogP contribution in [0.3, 0.4) is 0 Å². The van der Waals surface area contributed by atoms with Crippen LogP contribution < -0.4 is 10.6 Å². The van der Waals surface area contributed by atoms with E-state index in [9.17, 15) is 14.0 Å². The number of nitriles is 1. The number of halogens is 1. The Kier molecular flexibility index (Phi) is 5.68. The monoisotopic (exact) mass is 423 g/mol. The summed E-state index contributed by atoms with van der Waals surface area (Å²) in [5.74, 6) is -0.209. The number of carbonyl (C=O) groups is 2. The number of alkyl halides is 1. The molecule has 162 valence electrons. The standard InChI is InChI=1S/C23H26FN5O2/c1-26-17-2-4-18(5-3-17)28-21(31)22-6-9-23(10-7-22,11-8-22)27-14-20(30)29-15-16(24)12-19(29)13-25/h2-5,16,19,27H,6-12,14-15H2,(H,28,31)/t16-,19-,22?,23?/m0/s1. The Morgan fingerprint density at radius 2 is 1.84 bits per heavy atom. The Morgan fingerprint density at radius 1 is 1.19 bits per heavy atom. The van der Waals surface area contributed by atoms with E-state index in [2.05, 4.69) is 15.5 Å². The first kappa shape index (κ1) is 21.3. The van der Waals surface area contributed by atoms with Crippen LogP contribution in [-0.4, -0.2) is 47.6 Å². The SMILES string of the molecule is [C-]#[N+]c1ccc(NC(=O)C23CCC(NCC(=O)N4C[C@@H](F)C[C@H]4C#N)(CC2)CC3)cc1. The first-order chi connectivity index (χ1) is 14.9. The molecular formula is C23H26FN5O2. The van der Waals surface area contributed by atoms with Crippen molar-refractivity contribution in [2.45, 2.75) is 62.7 Å². The predicted octanol–water partition coefficient (Wildman–Crippen LogP) is 3.32. The molecule has 3 aliphatic carbocycles. The molecule has 0 spiro atoms. The van der Waals surface area contributed by atoms with Gasteiger partial charge in [0, 0.05) is 23.1 Å². The fourth-order valence-electron chi connectivity index (χ4n) is 5.22. The van der Waals surface area contributed by atoms with Gasteiger partial charge in [0.1, 0.15) is 12.2 Å². The fraction of sp³-hybridized carbons (Fsp3) is 0.565. The van der Waals surface area contributed by atoms with Crippen LogP contribution in [0.5, 0.6) is 0 Å². The van der Waals surface area contributed by atoms with E-state index < -0.39 is 17.6 Å². The van der Waals surface area contributed by atoms with Crippen molar-refractivity contribution in [1.82, 2.24) is 10.2 Å². The van der Waals surface area contributed by atoms with E-state index in [4.69, 9.17) is 11.8 Å². The largest absolute Gasteiger partial charge is 0.326 e. The van der Waals surface area contributed by atoms with Gasteiger partial charge < -0.3 is 15.5 Å². The summed E-state index contributed by atoms with van der Waals surface area (Å²) in [5, 5.41) is 15.6. The van der Waals surface area contributed by atoms with E-state index in [-0.39, 0.29) is 36.9 Å². The topological polar surface area (TPSA) is 89.6 Å². The van der Waals surface area contributed by atoms with Gasteiger partial charge in [-0.05, 0) is 50.7 Å². The second-order valence-corrected chi connectivity index (χ2v) is 9.05. The Bertz CT molecular complexity index is 924. The number of nitrogens with zero attached hydrogens (tertiary/aromatic N) is 3. The first-order valence-electron chi connectivity index (χ1n) is 10.8. The summed E-state index contributed by atoms with van der Waals surface area (Å²) in [6, 6.07) is 8.22. The molecular weight excluding hydrogens is 397 g/mol. The third-order valence-corrected chi connectivity index (χ3v) is 7.32. The highest BCUT2D eigenvalue weighted by molar-refractivity contribution is 5.95. The van der Waals surface area contributed by atoms with Gasteiger partial charge in [0.05, 0.1) is 25.7 Å². The van der Waals surface area contributed by atoms with E-state index in [1.165, 1.54) is 4.90 Å². The molecule has 0 radical (unpaired) electrons. The molecule has 3 saturated carbocycles. The third-order valence-electron chi connectivity index (χ3n) is 7.32. The molecule has 2 amide bonds. The average molecular weight is 423 g/mol. The maximum absolute atomic E-state index is 13.6. The maximum atomic E-state index is 13.6. The number of amides is 2. The Morgan fingerprint density at radius 3 is 2.42 bits per heavy atom. The first-order valence-corrected chi connectivity index (χ1v) is 10.8. The van der Waals surface area contributed by atoms with E-state index >= 15 is 0 Å². The Labute approximate surface area is 181 Å². The van der Waals surface area contributed by atoms with Crippen molar-refractivity contribution in [1.29, 1.82) is 5.26 Å². The van der Waals surface area contributed by atoms with Gasteiger partial charge >= 0.3 is 0 Å². The van der Waals surface area contributed by atoms with Crippen LogP contribution >= 0.6 is 0 Å². The molecule has 4 aliphatic rings. The molecule has 1 saturated heterocycles. The van der Waals surface area contributed by atoms with E-state index in [1.807, 2.05) is 6.07 Å². The van der Waals surface area contributed by atoms with Crippen LogP contribution in [0.1, 0.15) is 44.9 Å². The lowest BCUT2D eigenvalue weighted by Gasteiger charge is -2.52. The van der Waals surface area contributed by atoms with Crippen LogP contribution in [0, 0.1) is 23.3 Å². The van der Waals surface area contributed by atoms with Crippen LogP contribution in [0.25, 0.3) is 4.85 Å². The highest BCUT2D eigenvalue weighted by Gasteiger charge is 2.52. The van der Waals surface area contributed by atoms with Gasteiger partial charge in [0.15, 0.2) is 5.69 Å². The number of likely N-dealkylation sites (tertiary alicyclic amines) is 1. The zero-order chi connectivity index (χ0) is 22.1. The van der Waals surface area contributed by atoms with Crippen molar-refractivity contribution in [3.8, 4) is 6.07 Å². The predicted molar refractivity (Wildman–Crippen MR) is 113 cm³/mol. The van der Waals surface area contributed by atoms with E-state index in [0.29, 0.717) is 11.4 Å². The molecule has 7 nitrogen and oxygen atoms in total. The number of benzene rings is 1. The Balaban J connectivity index is 1.32. The minimum Gasteiger partial charge on any atom is -0.326 e. The number of rotatable bonds is 5. The fourth-order valence-corrected chi connectivity index (χ4v) is 5.22. The molecule has 2 atom stereocenters. The molecule has 2 N–H and O–H groups in total. The van der Waals surface area contributed by atoms with Gasteiger partial charge in [-0.3, -0.25) is 9.59 Å². The van der Waals surface area contributed by atoms with Gasteiger partial charge in [0.2, 0.25) is 11.8 Å². The quantitative estimate of drug-likeness (QED) is 0.711. The number of anilines is 1. The number of hydrogen-bond acceptors (Lipinski definition) is 4. The van der Waals surface area contributed by atoms with Crippen LogP contribution in [-0.2, 0) is 9.59 Å². The van der Waals surface area contributed by atoms with Gasteiger partial charge in [-0.1, -0.05) is 12.1 Å². The molecule has 2 bridgehead atoms. The van der Waals surface area contributed by atoms with E-state index in [1.54, 1.807) is 24.3 Å². The highest BCUT2D eigenvalue weighted by atomic mass is 19.1. The number of fused-ring (bicyclic) bond motifs is 3. The van der Waals surface area contributed by atoms with Gasteiger partial charge in [-0.25, -0.2) is 9.24 Å². The number of hydrogen-bond donors (Lipinski definition) is 2. The molecule has 1 aliphatic heterocycles. The average Bonchev–Trinajstić information content (AvgIpc) is 3.20. The van der Waals surface area contributed by atoms with Crippen LogP contribution in [0.2, 0.25) is 0 Å². The maximum Gasteiger partial charge on any atom is 0.237 e. The van der Waals surface area contributed by atoms with Crippen molar-refractivity contribution in [2.75, 3.05) is 18.4 Å². The van der Waals surface area contributed by atoms with Gasteiger partial charge in [0.25, 0.3) is 0 Å². The molecule has 8 heteroatoms. The molecule has 0 unspecified atom stereocenters. The summed E-state index contributed by atoms with van der Waals surface area (Å²) in [6.07, 6.45) is 3.61. The summed E-state index contributed by atoms with van der Waals surface area (Å²) >= 11 is 0. The minimum atomic E-state index is -1.13. The van der Waals surface area contributed by atoms with Crippen LogP contribution in [0.4, 0.5) is 15.8 Å². The lowest BCUT2D eigenvalue weighted by Crippen LogP contribution is -2.59. The summed E-state index contributed by atoms with van der Waals surface area (Å²) < 4.78 is 13.6. The van der Waals surface area contributed by atoms with Gasteiger partial charge in [-0.15, -0.1) is 0 Å². The zero-order valence-corrected chi connectivity index (χ0v) is 17.4. The second-order valence-electron chi connectivity index (χ2n) is 9.05. The summed E-state index contributed by atoms with van der Waals surface area (Å²) in [4.78, 5) is 30.3. The summed E-state index contributed by atoms with van der Waals surface area (Å²) in [7, 11) is 0. The van der Waals surface area contributed by atoms with E-state index in [0.717, 1.165) is 38.5 Å². The van der Waals surface area contributed by atoms with Crippen molar-refractivity contribution >= 4 is 23.2 Å². The molecule has 1 aromatic carbocycles. The molecule has 1 heterocycles. The molecule has 31 heavy (non-hydrogen) atoms. The molecule has 4 fully saturated rings. The number of nitrogens with one attached hydrogen (secondary N) is 2. The van der Waals surface area contributed by atoms with Crippen molar-refractivity contribution in [3.63, 3.8) is 0 Å².